The van der Waals surface area contributed by atoms with Crippen LogP contribution in [0.25, 0.3) is 0 Å². The van der Waals surface area contributed by atoms with Crippen molar-refractivity contribution in [3.05, 3.63) is 82.4 Å². The van der Waals surface area contributed by atoms with Gasteiger partial charge >= 0.3 is 5.97 Å². The molecule has 0 saturated carbocycles. The third-order valence-electron chi connectivity index (χ3n) is 5.07. The Morgan fingerprint density at radius 1 is 0.861 bits per heavy atom. The second-order valence-corrected chi connectivity index (χ2v) is 7.98. The summed E-state index contributed by atoms with van der Waals surface area (Å²) < 4.78 is 22.4. The van der Waals surface area contributed by atoms with Crippen molar-refractivity contribution in [2.24, 2.45) is 5.16 Å². The van der Waals surface area contributed by atoms with E-state index in [-0.39, 0.29) is 41.9 Å². The lowest BCUT2D eigenvalue weighted by Crippen LogP contribution is -2.16. The zero-order valence-corrected chi connectivity index (χ0v) is 21.1. The topological polar surface area (TPSA) is 95.8 Å². The summed E-state index contributed by atoms with van der Waals surface area (Å²) in [5, 5.41) is 13.5. The van der Waals surface area contributed by atoms with Gasteiger partial charge in [-0.05, 0) is 53.9 Å². The number of halogens is 1. The number of nitrogens with zero attached hydrogens (tertiary/aromatic N) is 1. The second-order valence-electron chi connectivity index (χ2n) is 7.61. The third-order valence-corrected chi connectivity index (χ3v) is 5.44. The molecule has 9 heteroatoms. The van der Waals surface area contributed by atoms with E-state index < -0.39 is 5.97 Å². The molecule has 3 aromatic carbocycles. The Hall–Kier alpha value is -3.91. The Bertz CT molecular complexity index is 1180. The molecule has 0 atom stereocenters. The molecule has 190 valence electrons. The number of hydrogen-bond acceptors (Lipinski definition) is 7. The predicted octanol–water partition coefficient (Wildman–Crippen LogP) is 5.73. The Morgan fingerprint density at radius 3 is 1.92 bits per heavy atom. The maximum absolute atomic E-state index is 11.9. The summed E-state index contributed by atoms with van der Waals surface area (Å²) in [5.74, 6) is 0.730. The molecule has 1 N–H and O–H groups in total. The molecule has 36 heavy (non-hydrogen) atoms. The molecule has 0 heterocycles. The summed E-state index contributed by atoms with van der Waals surface area (Å²) in [6, 6.07) is 17.9. The van der Waals surface area contributed by atoms with Gasteiger partial charge in [-0.1, -0.05) is 47.9 Å². The van der Waals surface area contributed by atoms with Crippen LogP contribution in [0.2, 0.25) is 5.02 Å². The lowest BCUT2D eigenvalue weighted by Gasteiger charge is -2.17. The van der Waals surface area contributed by atoms with Gasteiger partial charge in [0.05, 0.1) is 19.2 Å². The molecule has 0 fully saturated rings. The standard InChI is InChI=1S/C27H28ClNO7/c1-4-15-36-29-25(27(30)31)22-13-14-23(34-16-18-5-9-20(32-2)10-6-18)26(24(22)28)35-17-19-7-11-21(33-3)12-8-19/h5-14H,4,15-17H2,1-3H3,(H,30,31)/b29-25-. The summed E-state index contributed by atoms with van der Waals surface area (Å²) in [6.45, 7) is 2.57. The highest BCUT2D eigenvalue weighted by Gasteiger charge is 2.23. The van der Waals surface area contributed by atoms with E-state index in [2.05, 4.69) is 5.16 Å². The van der Waals surface area contributed by atoms with Crippen molar-refractivity contribution < 1.29 is 33.7 Å². The number of oxime groups is 1. The number of carboxylic acids is 1. The van der Waals surface area contributed by atoms with Crippen molar-refractivity contribution in [1.29, 1.82) is 0 Å². The first-order chi connectivity index (χ1) is 17.5. The number of aliphatic carboxylic acids is 1. The largest absolute Gasteiger partial charge is 0.497 e. The smallest absolute Gasteiger partial charge is 0.358 e. The van der Waals surface area contributed by atoms with Crippen LogP contribution < -0.4 is 18.9 Å². The molecule has 8 nitrogen and oxygen atoms in total. The van der Waals surface area contributed by atoms with Gasteiger partial charge in [0.15, 0.2) is 17.2 Å². The van der Waals surface area contributed by atoms with Crippen molar-refractivity contribution in [3.8, 4) is 23.0 Å². The normalized spacial score (nSPS) is 11.1. The lowest BCUT2D eigenvalue weighted by molar-refractivity contribution is -0.129. The van der Waals surface area contributed by atoms with E-state index in [1.54, 1.807) is 20.3 Å². The average Bonchev–Trinajstić information content (AvgIpc) is 2.90. The van der Waals surface area contributed by atoms with Crippen LogP contribution in [0, 0.1) is 0 Å². The minimum absolute atomic E-state index is 0.0528. The van der Waals surface area contributed by atoms with E-state index in [9.17, 15) is 9.90 Å². The molecule has 3 aromatic rings. The quantitative estimate of drug-likeness (QED) is 0.177. The molecule has 0 aliphatic carbocycles. The van der Waals surface area contributed by atoms with Gasteiger partial charge in [0.1, 0.15) is 31.3 Å². The minimum atomic E-state index is -1.28. The fourth-order valence-electron chi connectivity index (χ4n) is 3.13. The van der Waals surface area contributed by atoms with E-state index in [0.29, 0.717) is 12.2 Å². The highest BCUT2D eigenvalue weighted by molar-refractivity contribution is 6.47. The fourth-order valence-corrected chi connectivity index (χ4v) is 3.43. The van der Waals surface area contributed by atoms with E-state index in [0.717, 1.165) is 22.6 Å². The van der Waals surface area contributed by atoms with Gasteiger partial charge in [-0.3, -0.25) is 0 Å². The maximum atomic E-state index is 11.9. The predicted molar refractivity (Wildman–Crippen MR) is 137 cm³/mol. The van der Waals surface area contributed by atoms with Crippen LogP contribution in [0.5, 0.6) is 23.0 Å². The van der Waals surface area contributed by atoms with Gasteiger partial charge in [-0.25, -0.2) is 4.79 Å². The van der Waals surface area contributed by atoms with Crippen LogP contribution in [0.15, 0.2) is 65.8 Å². The molecule has 0 aromatic heterocycles. The highest BCUT2D eigenvalue weighted by Crippen LogP contribution is 2.39. The van der Waals surface area contributed by atoms with Crippen molar-refractivity contribution in [2.75, 3.05) is 20.8 Å². The van der Waals surface area contributed by atoms with Crippen LogP contribution in [0.1, 0.15) is 30.0 Å². The zero-order valence-electron chi connectivity index (χ0n) is 20.3. The first-order valence-corrected chi connectivity index (χ1v) is 11.6. The SMILES string of the molecule is CCCO/N=C(\C(=O)O)c1ccc(OCc2ccc(OC)cc2)c(OCc2ccc(OC)cc2)c1Cl. The van der Waals surface area contributed by atoms with Crippen LogP contribution >= 0.6 is 11.6 Å². The summed E-state index contributed by atoms with van der Waals surface area (Å²) >= 11 is 6.66. The molecule has 0 spiro atoms. The van der Waals surface area contributed by atoms with E-state index >= 15 is 0 Å². The molecule has 0 unspecified atom stereocenters. The van der Waals surface area contributed by atoms with Gasteiger partial charge in [0.25, 0.3) is 0 Å². The number of benzene rings is 3. The van der Waals surface area contributed by atoms with Crippen LogP contribution in [0.3, 0.4) is 0 Å². The van der Waals surface area contributed by atoms with Gasteiger partial charge < -0.3 is 28.9 Å². The molecular formula is C27H28ClNO7. The molecule has 0 amide bonds. The summed E-state index contributed by atoms with van der Waals surface area (Å²) in [6.07, 6.45) is 0.679. The van der Waals surface area contributed by atoms with Crippen molar-refractivity contribution in [2.45, 2.75) is 26.6 Å². The van der Waals surface area contributed by atoms with Crippen LogP contribution in [0.4, 0.5) is 0 Å². The van der Waals surface area contributed by atoms with E-state index in [1.165, 1.54) is 6.07 Å². The van der Waals surface area contributed by atoms with Crippen LogP contribution in [-0.2, 0) is 22.8 Å². The monoisotopic (exact) mass is 513 g/mol. The Kier molecular flexibility index (Phi) is 9.82. The Labute approximate surface area is 215 Å². The van der Waals surface area contributed by atoms with Crippen LogP contribution in [-0.4, -0.2) is 37.6 Å². The van der Waals surface area contributed by atoms with Gasteiger partial charge in [0, 0.05) is 5.56 Å². The van der Waals surface area contributed by atoms with Crippen molar-refractivity contribution in [3.63, 3.8) is 0 Å². The number of rotatable bonds is 13. The fraction of sp³-hybridized carbons (Fsp3) is 0.259. The molecule has 0 saturated heterocycles. The third kappa shape index (κ3) is 7.05. The number of carboxylic acid groups (broad SMARTS) is 1. The maximum Gasteiger partial charge on any atom is 0.358 e. The molecule has 3 rings (SSSR count). The van der Waals surface area contributed by atoms with E-state index in [1.807, 2.05) is 55.5 Å². The number of hydrogen-bond donors (Lipinski definition) is 1. The van der Waals surface area contributed by atoms with Gasteiger partial charge in [-0.15, -0.1) is 0 Å². The summed E-state index contributed by atoms with van der Waals surface area (Å²) in [5.41, 5.74) is 1.58. The molecular weight excluding hydrogens is 486 g/mol. The number of methoxy groups -OCH3 is 2. The second kappa shape index (κ2) is 13.3. The highest BCUT2D eigenvalue weighted by atomic mass is 35.5. The average molecular weight is 514 g/mol. The van der Waals surface area contributed by atoms with Crippen molar-refractivity contribution in [1.82, 2.24) is 0 Å². The molecule has 0 aliphatic heterocycles. The zero-order chi connectivity index (χ0) is 25.9. The first kappa shape index (κ1) is 26.7. The van der Waals surface area contributed by atoms with Gasteiger partial charge in [-0.2, -0.15) is 0 Å². The van der Waals surface area contributed by atoms with Crippen molar-refractivity contribution >= 4 is 23.3 Å². The van der Waals surface area contributed by atoms with E-state index in [4.69, 9.17) is 35.4 Å². The Morgan fingerprint density at radius 2 is 1.42 bits per heavy atom. The van der Waals surface area contributed by atoms with Gasteiger partial charge in [0.2, 0.25) is 0 Å². The summed E-state index contributed by atoms with van der Waals surface area (Å²) in [7, 11) is 3.19. The summed E-state index contributed by atoms with van der Waals surface area (Å²) in [4.78, 5) is 17.0. The number of ether oxygens (including phenoxy) is 4. The molecule has 0 bridgehead atoms. The minimum Gasteiger partial charge on any atom is -0.497 e. The first-order valence-electron chi connectivity index (χ1n) is 11.2. The Balaban J connectivity index is 1.91. The molecule has 0 radical (unpaired) electrons. The number of carbonyl (C=O) groups is 1. The lowest BCUT2D eigenvalue weighted by atomic mass is 10.1. The molecule has 0 aliphatic rings.